The van der Waals surface area contributed by atoms with Crippen molar-refractivity contribution in [2.45, 2.75) is 38.0 Å². The molecule has 1 unspecified atom stereocenters. The minimum Gasteiger partial charge on any atom is -0.468 e. The number of rotatable bonds is 8. The molecule has 4 heteroatoms. The van der Waals surface area contributed by atoms with Crippen molar-refractivity contribution in [1.82, 2.24) is 0 Å². The lowest BCUT2D eigenvalue weighted by atomic mass is 9.76. The van der Waals surface area contributed by atoms with Crippen molar-refractivity contribution in [2.24, 2.45) is 5.73 Å². The fourth-order valence-corrected chi connectivity index (χ4v) is 2.45. The zero-order valence-corrected chi connectivity index (χ0v) is 12.4. The summed E-state index contributed by atoms with van der Waals surface area (Å²) < 4.78 is 4.98. The van der Waals surface area contributed by atoms with Gasteiger partial charge in [0.15, 0.2) is 0 Å². The van der Waals surface area contributed by atoms with Gasteiger partial charge in [-0.1, -0.05) is 42.7 Å². The third-order valence-electron chi connectivity index (χ3n) is 3.79. The highest BCUT2D eigenvalue weighted by molar-refractivity contribution is 5.83. The Labute approximate surface area is 120 Å². The number of aryl methyl sites for hydroxylation is 1. The van der Waals surface area contributed by atoms with Crippen LogP contribution in [0.15, 0.2) is 24.3 Å². The zero-order chi connectivity index (χ0) is 15.0. The van der Waals surface area contributed by atoms with Crippen LogP contribution in [-0.2, 0) is 14.9 Å². The van der Waals surface area contributed by atoms with Crippen LogP contribution in [0.5, 0.6) is 0 Å². The van der Waals surface area contributed by atoms with E-state index in [2.05, 4.69) is 0 Å². The number of unbranched alkanes of at least 4 members (excludes halogenated alkanes) is 2. The van der Waals surface area contributed by atoms with Gasteiger partial charge in [0.05, 0.1) is 7.11 Å². The Morgan fingerprint density at radius 3 is 2.40 bits per heavy atom. The summed E-state index contributed by atoms with van der Waals surface area (Å²) in [5, 5.41) is 8.84. The second-order valence-electron chi connectivity index (χ2n) is 5.18. The van der Waals surface area contributed by atoms with Gasteiger partial charge in [0.25, 0.3) is 0 Å². The molecule has 0 heterocycles. The second-order valence-corrected chi connectivity index (χ2v) is 5.18. The van der Waals surface area contributed by atoms with Crippen LogP contribution in [0.1, 0.15) is 36.8 Å². The van der Waals surface area contributed by atoms with Gasteiger partial charge in [-0.25, -0.2) is 0 Å². The third-order valence-corrected chi connectivity index (χ3v) is 3.79. The average Bonchev–Trinajstić information content (AvgIpc) is 2.48. The summed E-state index contributed by atoms with van der Waals surface area (Å²) in [6.07, 6.45) is 3.09. The molecule has 0 aromatic heterocycles. The molecule has 0 radical (unpaired) electrons. The van der Waals surface area contributed by atoms with Gasteiger partial charge in [-0.15, -0.1) is 0 Å². The number of benzene rings is 1. The molecule has 0 spiro atoms. The van der Waals surface area contributed by atoms with E-state index in [1.165, 1.54) is 7.11 Å². The number of carbonyl (C=O) groups is 1. The van der Waals surface area contributed by atoms with E-state index in [1.807, 2.05) is 31.2 Å². The monoisotopic (exact) mass is 279 g/mol. The molecular formula is C16H25NO3. The first-order chi connectivity index (χ1) is 9.60. The fourth-order valence-electron chi connectivity index (χ4n) is 2.45. The van der Waals surface area contributed by atoms with Gasteiger partial charge >= 0.3 is 5.97 Å². The van der Waals surface area contributed by atoms with Crippen LogP contribution in [0.3, 0.4) is 0 Å². The molecule has 1 rings (SSSR count). The number of carbonyl (C=O) groups excluding carboxylic acids is 1. The van der Waals surface area contributed by atoms with E-state index in [-0.39, 0.29) is 19.1 Å². The van der Waals surface area contributed by atoms with Crippen molar-refractivity contribution in [3.63, 3.8) is 0 Å². The molecule has 0 amide bonds. The molecule has 0 saturated carbocycles. The number of aliphatic hydroxyl groups is 1. The normalized spacial score (nSPS) is 13.8. The average molecular weight is 279 g/mol. The molecule has 0 bridgehead atoms. The highest BCUT2D eigenvalue weighted by Gasteiger charge is 2.39. The molecule has 3 N–H and O–H groups in total. The Bertz CT molecular complexity index is 416. The lowest BCUT2D eigenvalue weighted by Gasteiger charge is -2.30. The quantitative estimate of drug-likeness (QED) is 0.563. The van der Waals surface area contributed by atoms with Crippen LogP contribution in [0.2, 0.25) is 0 Å². The van der Waals surface area contributed by atoms with Crippen molar-refractivity contribution in [2.75, 3.05) is 20.3 Å². The van der Waals surface area contributed by atoms with Crippen LogP contribution in [0, 0.1) is 6.92 Å². The van der Waals surface area contributed by atoms with E-state index in [1.54, 1.807) is 0 Å². The van der Waals surface area contributed by atoms with Crippen LogP contribution >= 0.6 is 0 Å². The predicted molar refractivity (Wildman–Crippen MR) is 79.5 cm³/mol. The van der Waals surface area contributed by atoms with Gasteiger partial charge in [-0.05, 0) is 25.3 Å². The Kier molecular flexibility index (Phi) is 6.68. The molecular weight excluding hydrogens is 254 g/mol. The number of nitrogens with two attached hydrogens (primary N) is 1. The first-order valence-corrected chi connectivity index (χ1v) is 7.07. The van der Waals surface area contributed by atoms with Crippen molar-refractivity contribution < 1.29 is 14.6 Å². The standard InChI is InChI=1S/C16H25NO3/c1-13-6-8-14(9-7-13)16(12-17,15(19)20-2)10-4-3-5-11-18/h6-9,18H,3-5,10-12,17H2,1-2H3. The van der Waals surface area contributed by atoms with Gasteiger partial charge in [-0.2, -0.15) is 0 Å². The summed E-state index contributed by atoms with van der Waals surface area (Å²) in [6, 6.07) is 7.86. The van der Waals surface area contributed by atoms with Crippen LogP contribution < -0.4 is 5.73 Å². The zero-order valence-electron chi connectivity index (χ0n) is 12.4. The van der Waals surface area contributed by atoms with Crippen LogP contribution in [0.25, 0.3) is 0 Å². The highest BCUT2D eigenvalue weighted by atomic mass is 16.5. The molecule has 0 aliphatic carbocycles. The van der Waals surface area contributed by atoms with Gasteiger partial charge < -0.3 is 15.6 Å². The van der Waals surface area contributed by atoms with Gasteiger partial charge in [0.2, 0.25) is 0 Å². The maximum atomic E-state index is 12.3. The highest BCUT2D eigenvalue weighted by Crippen LogP contribution is 2.31. The molecule has 1 aromatic carbocycles. The topological polar surface area (TPSA) is 72.5 Å². The van der Waals surface area contributed by atoms with Crippen molar-refractivity contribution in [3.05, 3.63) is 35.4 Å². The molecule has 20 heavy (non-hydrogen) atoms. The Morgan fingerprint density at radius 1 is 1.25 bits per heavy atom. The van der Waals surface area contributed by atoms with Crippen LogP contribution in [0.4, 0.5) is 0 Å². The van der Waals surface area contributed by atoms with Gasteiger partial charge in [-0.3, -0.25) is 4.79 Å². The summed E-state index contributed by atoms with van der Waals surface area (Å²) in [5.74, 6) is -0.284. The number of aliphatic hydroxyl groups excluding tert-OH is 1. The van der Waals surface area contributed by atoms with Crippen LogP contribution in [-0.4, -0.2) is 31.3 Å². The number of ether oxygens (including phenoxy) is 1. The summed E-state index contributed by atoms with van der Waals surface area (Å²) in [7, 11) is 1.40. The van der Waals surface area contributed by atoms with Crippen molar-refractivity contribution in [1.29, 1.82) is 0 Å². The number of methoxy groups -OCH3 is 1. The minimum absolute atomic E-state index is 0.179. The predicted octanol–water partition coefficient (Wildman–Crippen LogP) is 1.92. The largest absolute Gasteiger partial charge is 0.468 e. The van der Waals surface area contributed by atoms with E-state index >= 15 is 0 Å². The lowest BCUT2D eigenvalue weighted by Crippen LogP contribution is -2.43. The first-order valence-electron chi connectivity index (χ1n) is 7.07. The summed E-state index contributed by atoms with van der Waals surface area (Å²) >= 11 is 0. The minimum atomic E-state index is -0.780. The van der Waals surface area contributed by atoms with E-state index < -0.39 is 5.41 Å². The number of esters is 1. The molecule has 0 aliphatic rings. The molecule has 1 atom stereocenters. The Hall–Kier alpha value is -1.39. The maximum absolute atomic E-state index is 12.3. The van der Waals surface area contributed by atoms with E-state index in [9.17, 15) is 4.79 Å². The maximum Gasteiger partial charge on any atom is 0.317 e. The summed E-state index contributed by atoms with van der Waals surface area (Å²) in [4.78, 5) is 12.3. The summed E-state index contributed by atoms with van der Waals surface area (Å²) in [5.41, 5.74) is 7.19. The molecule has 0 aliphatic heterocycles. The first kappa shape index (κ1) is 16.7. The third kappa shape index (κ3) is 3.81. The smallest absolute Gasteiger partial charge is 0.317 e. The van der Waals surface area contributed by atoms with E-state index in [4.69, 9.17) is 15.6 Å². The molecule has 0 saturated heterocycles. The van der Waals surface area contributed by atoms with Gasteiger partial charge in [0.1, 0.15) is 5.41 Å². The SMILES string of the molecule is COC(=O)C(CN)(CCCCCO)c1ccc(C)cc1. The van der Waals surface area contributed by atoms with Crippen molar-refractivity contribution >= 4 is 5.97 Å². The fraction of sp³-hybridized carbons (Fsp3) is 0.562. The van der Waals surface area contributed by atoms with E-state index in [0.29, 0.717) is 6.42 Å². The lowest BCUT2D eigenvalue weighted by molar-refractivity contribution is -0.147. The number of hydrogen-bond acceptors (Lipinski definition) is 4. The number of hydrogen-bond donors (Lipinski definition) is 2. The van der Waals surface area contributed by atoms with E-state index in [0.717, 1.165) is 30.4 Å². The van der Waals surface area contributed by atoms with Gasteiger partial charge in [0, 0.05) is 13.2 Å². The summed E-state index contributed by atoms with van der Waals surface area (Å²) in [6.45, 7) is 2.41. The molecule has 4 nitrogen and oxygen atoms in total. The van der Waals surface area contributed by atoms with Crippen molar-refractivity contribution in [3.8, 4) is 0 Å². The molecule has 0 fully saturated rings. The molecule has 1 aromatic rings. The Balaban J connectivity index is 2.98. The second kappa shape index (κ2) is 8.02. The Morgan fingerprint density at radius 2 is 1.90 bits per heavy atom. The molecule has 112 valence electrons.